The third-order valence-corrected chi connectivity index (χ3v) is 5.58. The average Bonchev–Trinajstić information content (AvgIpc) is 3.30. The molecule has 33 heavy (non-hydrogen) atoms. The fourth-order valence-corrected chi connectivity index (χ4v) is 3.77. The zero-order chi connectivity index (χ0) is 22.3. The Bertz CT molecular complexity index is 965. The number of hydrogen-bond donors (Lipinski definition) is 2. The highest BCUT2D eigenvalue weighted by Crippen LogP contribution is 2.32. The van der Waals surface area contributed by atoms with E-state index in [1.807, 2.05) is 23.1 Å². The fourth-order valence-electron chi connectivity index (χ4n) is 3.77. The molecule has 1 saturated heterocycles. The molecule has 2 aliphatic heterocycles. The number of ether oxygens (including phenoxy) is 2. The molecule has 0 aromatic heterocycles. The van der Waals surface area contributed by atoms with Gasteiger partial charge in [-0.2, -0.15) is 0 Å². The standard InChI is InChI=1S/C23H28FN5O3.HI/c1-25-23(27-15-17-2-7-20-21(14-17)32-16-31-20)26-9-8-22(30)29-12-10-28(11-13-29)19-5-3-18(24)4-6-19;/h2-7,14H,8-13,15-16H2,1H3,(H2,25,26,27);1H. The van der Waals surface area contributed by atoms with Crippen LogP contribution >= 0.6 is 24.0 Å². The topological polar surface area (TPSA) is 78.4 Å². The molecular weight excluding hydrogens is 540 g/mol. The van der Waals surface area contributed by atoms with Crippen LogP contribution in [0.4, 0.5) is 10.1 Å². The van der Waals surface area contributed by atoms with Gasteiger partial charge < -0.3 is 29.9 Å². The highest BCUT2D eigenvalue weighted by molar-refractivity contribution is 14.0. The Hall–Kier alpha value is -2.76. The quantitative estimate of drug-likeness (QED) is 0.317. The Morgan fingerprint density at radius 1 is 1.03 bits per heavy atom. The van der Waals surface area contributed by atoms with Crippen LogP contribution in [0.2, 0.25) is 0 Å². The molecule has 2 aromatic carbocycles. The van der Waals surface area contributed by atoms with Gasteiger partial charge in [0.2, 0.25) is 12.7 Å². The van der Waals surface area contributed by atoms with Crippen molar-refractivity contribution in [3.8, 4) is 11.5 Å². The summed E-state index contributed by atoms with van der Waals surface area (Å²) in [5.41, 5.74) is 2.03. The van der Waals surface area contributed by atoms with E-state index in [2.05, 4.69) is 20.5 Å². The van der Waals surface area contributed by atoms with E-state index in [-0.39, 0.29) is 42.5 Å². The summed E-state index contributed by atoms with van der Waals surface area (Å²) in [6.07, 6.45) is 0.390. The molecule has 0 aliphatic carbocycles. The van der Waals surface area contributed by atoms with Gasteiger partial charge >= 0.3 is 0 Å². The first-order valence-electron chi connectivity index (χ1n) is 10.7. The summed E-state index contributed by atoms with van der Waals surface area (Å²) in [4.78, 5) is 20.8. The molecule has 0 spiro atoms. The summed E-state index contributed by atoms with van der Waals surface area (Å²) in [6, 6.07) is 12.3. The van der Waals surface area contributed by atoms with Crippen molar-refractivity contribution in [2.24, 2.45) is 4.99 Å². The van der Waals surface area contributed by atoms with Crippen LogP contribution in [0.25, 0.3) is 0 Å². The van der Waals surface area contributed by atoms with E-state index < -0.39 is 0 Å². The van der Waals surface area contributed by atoms with Crippen molar-refractivity contribution in [2.75, 3.05) is 51.5 Å². The number of fused-ring (bicyclic) bond motifs is 1. The first-order valence-corrected chi connectivity index (χ1v) is 10.7. The van der Waals surface area contributed by atoms with E-state index in [1.54, 1.807) is 19.2 Å². The minimum absolute atomic E-state index is 0. The minimum atomic E-state index is -0.240. The monoisotopic (exact) mass is 569 g/mol. The number of benzene rings is 2. The molecule has 178 valence electrons. The van der Waals surface area contributed by atoms with E-state index in [0.29, 0.717) is 38.6 Å². The van der Waals surface area contributed by atoms with Crippen molar-refractivity contribution in [3.05, 3.63) is 53.8 Å². The molecule has 0 radical (unpaired) electrons. The summed E-state index contributed by atoms with van der Waals surface area (Å²) < 4.78 is 23.8. The van der Waals surface area contributed by atoms with E-state index in [0.717, 1.165) is 35.8 Å². The number of carbonyl (C=O) groups is 1. The van der Waals surface area contributed by atoms with E-state index in [4.69, 9.17) is 9.47 Å². The summed E-state index contributed by atoms with van der Waals surface area (Å²) in [5.74, 6) is 2.01. The molecule has 2 N–H and O–H groups in total. The van der Waals surface area contributed by atoms with Gasteiger partial charge in [0.25, 0.3) is 0 Å². The second-order valence-corrected chi connectivity index (χ2v) is 7.63. The molecule has 4 rings (SSSR count). The van der Waals surface area contributed by atoms with E-state index >= 15 is 0 Å². The zero-order valence-corrected chi connectivity index (χ0v) is 20.9. The van der Waals surface area contributed by atoms with Crippen LogP contribution in [0.3, 0.4) is 0 Å². The van der Waals surface area contributed by atoms with Crippen LogP contribution in [-0.4, -0.2) is 63.3 Å². The largest absolute Gasteiger partial charge is 0.454 e. The van der Waals surface area contributed by atoms with Gasteiger partial charge in [0, 0.05) is 58.4 Å². The molecule has 2 aliphatic rings. The molecular formula is C23H29FIN5O3. The van der Waals surface area contributed by atoms with Gasteiger partial charge in [-0.15, -0.1) is 24.0 Å². The Labute approximate surface area is 210 Å². The lowest BCUT2D eigenvalue weighted by Crippen LogP contribution is -2.49. The molecule has 10 heteroatoms. The number of hydrogen-bond acceptors (Lipinski definition) is 5. The first-order chi connectivity index (χ1) is 15.6. The van der Waals surface area contributed by atoms with Crippen LogP contribution < -0.4 is 25.0 Å². The molecule has 0 atom stereocenters. The van der Waals surface area contributed by atoms with Crippen molar-refractivity contribution in [2.45, 2.75) is 13.0 Å². The molecule has 2 heterocycles. The molecule has 8 nitrogen and oxygen atoms in total. The lowest BCUT2D eigenvalue weighted by Gasteiger charge is -2.36. The first kappa shape index (κ1) is 24.9. The van der Waals surface area contributed by atoms with Gasteiger partial charge in [0.15, 0.2) is 17.5 Å². The third-order valence-electron chi connectivity index (χ3n) is 5.58. The summed E-state index contributed by atoms with van der Waals surface area (Å²) in [6.45, 7) is 4.13. The maximum atomic E-state index is 13.1. The van der Waals surface area contributed by atoms with E-state index in [1.165, 1.54) is 12.1 Å². The molecule has 1 amide bonds. The van der Waals surface area contributed by atoms with Crippen molar-refractivity contribution in [3.63, 3.8) is 0 Å². The second kappa shape index (κ2) is 11.9. The number of rotatable bonds is 6. The number of nitrogens with zero attached hydrogens (tertiary/aromatic N) is 3. The number of amides is 1. The number of piperazine rings is 1. The third kappa shape index (κ3) is 6.62. The number of anilines is 1. The van der Waals surface area contributed by atoms with Crippen molar-refractivity contribution < 1.29 is 18.7 Å². The fraction of sp³-hybridized carbons (Fsp3) is 0.391. The van der Waals surface area contributed by atoms with Gasteiger partial charge in [0.1, 0.15) is 5.82 Å². The Morgan fingerprint density at radius 2 is 1.76 bits per heavy atom. The number of carbonyl (C=O) groups excluding carboxylic acids is 1. The van der Waals surface area contributed by atoms with Crippen LogP contribution in [-0.2, 0) is 11.3 Å². The van der Waals surface area contributed by atoms with Gasteiger partial charge in [-0.25, -0.2) is 4.39 Å². The smallest absolute Gasteiger partial charge is 0.231 e. The number of nitrogens with one attached hydrogen (secondary N) is 2. The molecule has 0 unspecified atom stereocenters. The second-order valence-electron chi connectivity index (χ2n) is 7.63. The predicted octanol–water partition coefficient (Wildman–Crippen LogP) is 2.58. The summed E-state index contributed by atoms with van der Waals surface area (Å²) in [5, 5.41) is 6.43. The van der Waals surface area contributed by atoms with Crippen molar-refractivity contribution in [1.82, 2.24) is 15.5 Å². The zero-order valence-electron chi connectivity index (χ0n) is 18.6. The maximum absolute atomic E-state index is 13.1. The highest BCUT2D eigenvalue weighted by atomic mass is 127. The Balaban J connectivity index is 0.00000306. The molecule has 1 fully saturated rings. The van der Waals surface area contributed by atoms with Crippen LogP contribution in [0, 0.1) is 5.82 Å². The van der Waals surface area contributed by atoms with E-state index in [9.17, 15) is 9.18 Å². The Kier molecular flexibility index (Phi) is 8.98. The maximum Gasteiger partial charge on any atom is 0.231 e. The predicted molar refractivity (Wildman–Crippen MR) is 136 cm³/mol. The highest BCUT2D eigenvalue weighted by Gasteiger charge is 2.21. The van der Waals surface area contributed by atoms with Crippen molar-refractivity contribution >= 4 is 41.5 Å². The number of halogens is 2. The van der Waals surface area contributed by atoms with Crippen LogP contribution in [0.5, 0.6) is 11.5 Å². The molecule has 0 bridgehead atoms. The van der Waals surface area contributed by atoms with Crippen molar-refractivity contribution in [1.29, 1.82) is 0 Å². The Morgan fingerprint density at radius 3 is 2.48 bits per heavy atom. The normalized spacial score (nSPS) is 15.2. The SMILES string of the molecule is CN=C(NCCC(=O)N1CCN(c2ccc(F)cc2)CC1)NCc1ccc2c(c1)OCO2.I. The van der Waals surface area contributed by atoms with Crippen LogP contribution in [0.15, 0.2) is 47.5 Å². The lowest BCUT2D eigenvalue weighted by atomic mass is 10.2. The van der Waals surface area contributed by atoms with Gasteiger partial charge in [0.05, 0.1) is 0 Å². The van der Waals surface area contributed by atoms with Crippen LogP contribution in [0.1, 0.15) is 12.0 Å². The summed E-state index contributed by atoms with van der Waals surface area (Å²) in [7, 11) is 1.70. The van der Waals surface area contributed by atoms with Gasteiger partial charge in [-0.05, 0) is 42.0 Å². The average molecular weight is 569 g/mol. The van der Waals surface area contributed by atoms with Gasteiger partial charge in [-0.3, -0.25) is 9.79 Å². The molecule has 2 aromatic rings. The number of aliphatic imine (C=N–C) groups is 1. The minimum Gasteiger partial charge on any atom is -0.454 e. The molecule has 0 saturated carbocycles. The lowest BCUT2D eigenvalue weighted by molar-refractivity contribution is -0.131. The summed E-state index contributed by atoms with van der Waals surface area (Å²) >= 11 is 0. The van der Waals surface area contributed by atoms with Gasteiger partial charge in [-0.1, -0.05) is 6.07 Å². The number of guanidine groups is 1.